The average molecular weight is 635 g/mol. The molecule has 232 valence electrons. The molecule has 0 spiro atoms. The summed E-state index contributed by atoms with van der Waals surface area (Å²) >= 11 is 1.21. The molecule has 10 heteroatoms. The van der Waals surface area contributed by atoms with Gasteiger partial charge in [-0.3, -0.25) is 9.36 Å². The van der Waals surface area contributed by atoms with Crippen LogP contribution in [0, 0.1) is 6.92 Å². The highest BCUT2D eigenvalue weighted by molar-refractivity contribution is 7.07. The first-order valence-corrected chi connectivity index (χ1v) is 15.4. The molecule has 0 fully saturated rings. The second-order valence-electron chi connectivity index (χ2n) is 10.4. The second-order valence-corrected chi connectivity index (χ2v) is 11.4. The zero-order chi connectivity index (χ0) is 32.4. The summed E-state index contributed by atoms with van der Waals surface area (Å²) in [5.41, 5.74) is 3.84. The third-order valence-corrected chi connectivity index (χ3v) is 8.58. The molecule has 0 radical (unpaired) electrons. The van der Waals surface area contributed by atoms with Crippen LogP contribution in [0.5, 0.6) is 5.75 Å². The number of aromatic nitrogens is 1. The molecular formula is C36H30N2O7S. The van der Waals surface area contributed by atoms with Gasteiger partial charge >= 0.3 is 11.9 Å². The molecule has 0 saturated carbocycles. The lowest BCUT2D eigenvalue weighted by molar-refractivity contribution is -0.138. The molecule has 0 bridgehead atoms. The molecule has 0 N–H and O–H groups in total. The van der Waals surface area contributed by atoms with Crippen LogP contribution in [0.15, 0.2) is 105 Å². The van der Waals surface area contributed by atoms with E-state index in [1.165, 1.54) is 23.0 Å². The highest BCUT2D eigenvalue weighted by Gasteiger charge is 2.35. The van der Waals surface area contributed by atoms with Crippen molar-refractivity contribution in [2.45, 2.75) is 19.9 Å². The van der Waals surface area contributed by atoms with Crippen molar-refractivity contribution in [2.75, 3.05) is 20.8 Å². The number of hydrogen-bond acceptors (Lipinski definition) is 9. The van der Waals surface area contributed by atoms with Crippen molar-refractivity contribution >= 4 is 35.0 Å². The van der Waals surface area contributed by atoms with Gasteiger partial charge in [-0.05, 0) is 61.4 Å². The van der Waals surface area contributed by atoms with Crippen molar-refractivity contribution in [1.82, 2.24) is 4.57 Å². The number of carbonyl (C=O) groups is 2. The number of aryl methyl sites for hydroxylation is 1. The smallest absolute Gasteiger partial charge is 0.338 e. The topological polar surface area (TPSA) is 109 Å². The highest BCUT2D eigenvalue weighted by atomic mass is 32.1. The van der Waals surface area contributed by atoms with Crippen molar-refractivity contribution in [3.63, 3.8) is 0 Å². The molecule has 1 aliphatic heterocycles. The largest absolute Gasteiger partial charge is 0.497 e. The quantitative estimate of drug-likeness (QED) is 0.213. The number of benzene rings is 3. The Balaban J connectivity index is 1.52. The van der Waals surface area contributed by atoms with Gasteiger partial charge in [0.05, 0.1) is 48.2 Å². The summed E-state index contributed by atoms with van der Waals surface area (Å²) in [4.78, 5) is 45.1. The molecule has 1 atom stereocenters. The van der Waals surface area contributed by atoms with Crippen LogP contribution in [0.4, 0.5) is 0 Å². The number of rotatable bonds is 8. The number of carbonyl (C=O) groups excluding carboxylic acids is 2. The molecule has 3 aromatic carbocycles. The Labute approximate surface area is 268 Å². The molecule has 2 aromatic heterocycles. The summed E-state index contributed by atoms with van der Waals surface area (Å²) in [6.07, 6.45) is 1.67. The lowest BCUT2D eigenvalue weighted by atomic mass is 9.93. The van der Waals surface area contributed by atoms with Crippen molar-refractivity contribution < 1.29 is 28.2 Å². The normalized spacial score (nSPS) is 14.4. The van der Waals surface area contributed by atoms with Gasteiger partial charge in [-0.15, -0.1) is 0 Å². The lowest BCUT2D eigenvalue weighted by Gasteiger charge is -2.26. The summed E-state index contributed by atoms with van der Waals surface area (Å²) in [5, 5.41) is 0. The Bertz CT molecular complexity index is 2170. The van der Waals surface area contributed by atoms with Crippen LogP contribution >= 0.6 is 11.3 Å². The van der Waals surface area contributed by atoms with Crippen LogP contribution in [0.1, 0.15) is 45.8 Å². The molecule has 6 rings (SSSR count). The van der Waals surface area contributed by atoms with Gasteiger partial charge in [0, 0.05) is 17.2 Å². The summed E-state index contributed by atoms with van der Waals surface area (Å²) in [5.74, 6) is 0.648. The molecule has 0 amide bonds. The maximum atomic E-state index is 14.2. The molecule has 3 heterocycles. The maximum absolute atomic E-state index is 14.2. The summed E-state index contributed by atoms with van der Waals surface area (Å²) < 4.78 is 23.9. The highest BCUT2D eigenvalue weighted by Crippen LogP contribution is 2.36. The van der Waals surface area contributed by atoms with E-state index in [1.807, 2.05) is 61.5 Å². The summed E-state index contributed by atoms with van der Waals surface area (Å²) in [6, 6.07) is 24.6. The van der Waals surface area contributed by atoms with Gasteiger partial charge in [0.1, 0.15) is 17.3 Å². The Morgan fingerprint density at radius 1 is 0.978 bits per heavy atom. The number of thiazole rings is 1. The van der Waals surface area contributed by atoms with Gasteiger partial charge in [-0.2, -0.15) is 0 Å². The SMILES string of the molecule is CCOC(=O)C1=C(c2ccccc2)N=c2s/c(=C/c3ccc(-c4ccc(C(=O)OC)cc4C)o3)c(=O)n2[C@@H]1c1cccc(OC)c1. The van der Waals surface area contributed by atoms with E-state index in [4.69, 9.17) is 23.6 Å². The minimum atomic E-state index is -0.828. The Hall–Kier alpha value is -5.48. The number of furan rings is 1. The molecule has 0 unspecified atom stereocenters. The van der Waals surface area contributed by atoms with Gasteiger partial charge in [0.15, 0.2) is 4.80 Å². The van der Waals surface area contributed by atoms with Crippen molar-refractivity contribution in [1.29, 1.82) is 0 Å². The van der Waals surface area contributed by atoms with Crippen molar-refractivity contribution in [3.8, 4) is 17.1 Å². The first-order chi connectivity index (χ1) is 22.3. The molecule has 46 heavy (non-hydrogen) atoms. The predicted molar refractivity (Wildman–Crippen MR) is 174 cm³/mol. The van der Waals surface area contributed by atoms with Gasteiger partial charge in [-0.1, -0.05) is 59.9 Å². The Morgan fingerprint density at radius 2 is 1.78 bits per heavy atom. The van der Waals surface area contributed by atoms with E-state index in [1.54, 1.807) is 50.4 Å². The number of esters is 2. The summed E-state index contributed by atoms with van der Waals surface area (Å²) in [7, 11) is 2.91. The average Bonchev–Trinajstić information content (AvgIpc) is 3.67. The van der Waals surface area contributed by atoms with Gasteiger partial charge < -0.3 is 18.6 Å². The number of nitrogens with zero attached hydrogens (tertiary/aromatic N) is 2. The van der Waals surface area contributed by atoms with E-state index in [-0.39, 0.29) is 17.7 Å². The molecule has 1 aliphatic rings. The zero-order valence-electron chi connectivity index (χ0n) is 25.6. The molecular weight excluding hydrogens is 604 g/mol. The monoisotopic (exact) mass is 634 g/mol. The van der Waals surface area contributed by atoms with E-state index in [0.29, 0.717) is 43.4 Å². The minimum absolute atomic E-state index is 0.158. The fourth-order valence-electron chi connectivity index (χ4n) is 5.46. The number of ether oxygens (including phenoxy) is 3. The fourth-order valence-corrected chi connectivity index (χ4v) is 6.44. The van der Waals surface area contributed by atoms with E-state index >= 15 is 0 Å². The number of hydrogen-bond donors (Lipinski definition) is 0. The fraction of sp³-hybridized carbons (Fsp3) is 0.167. The van der Waals surface area contributed by atoms with Crippen LogP contribution < -0.4 is 19.6 Å². The third kappa shape index (κ3) is 5.70. The predicted octanol–water partition coefficient (Wildman–Crippen LogP) is 5.30. The van der Waals surface area contributed by atoms with Gasteiger partial charge in [0.2, 0.25) is 0 Å². The molecule has 0 aliphatic carbocycles. The first kappa shape index (κ1) is 30.5. The third-order valence-electron chi connectivity index (χ3n) is 7.60. The molecule has 5 aromatic rings. The van der Waals surface area contributed by atoms with E-state index in [2.05, 4.69) is 0 Å². The molecule has 0 saturated heterocycles. The van der Waals surface area contributed by atoms with Crippen LogP contribution in [0.2, 0.25) is 0 Å². The van der Waals surface area contributed by atoms with Crippen molar-refractivity contribution in [3.05, 3.63) is 138 Å². The Kier molecular flexibility index (Phi) is 8.54. The number of fused-ring (bicyclic) bond motifs is 1. The minimum Gasteiger partial charge on any atom is -0.497 e. The number of methoxy groups -OCH3 is 2. The second kappa shape index (κ2) is 12.9. The van der Waals surface area contributed by atoms with Crippen LogP contribution in [0.3, 0.4) is 0 Å². The zero-order valence-corrected chi connectivity index (χ0v) is 26.4. The van der Waals surface area contributed by atoms with E-state index < -0.39 is 18.0 Å². The lowest BCUT2D eigenvalue weighted by Crippen LogP contribution is -2.40. The Morgan fingerprint density at radius 3 is 2.50 bits per heavy atom. The summed E-state index contributed by atoms with van der Waals surface area (Å²) in [6.45, 7) is 3.78. The molecule has 9 nitrogen and oxygen atoms in total. The maximum Gasteiger partial charge on any atom is 0.338 e. The van der Waals surface area contributed by atoms with E-state index in [0.717, 1.165) is 16.7 Å². The standard InChI is InChI=1S/C36H30N2O7S/c1-5-44-35(41)30-31(22-10-7-6-8-11-22)37-36-38(32(30)23-12-9-13-25(19-23)42-3)33(39)29(46-36)20-26-15-17-28(45-26)27-16-14-24(18-21(27)2)34(40)43-4/h6-20,32H,5H2,1-4H3/b29-20+/t32-/m1/s1. The van der Waals surface area contributed by atoms with Crippen LogP contribution in [0.25, 0.3) is 23.1 Å². The first-order valence-electron chi connectivity index (χ1n) is 14.5. The van der Waals surface area contributed by atoms with Crippen molar-refractivity contribution in [2.24, 2.45) is 4.99 Å². The van der Waals surface area contributed by atoms with Gasteiger partial charge in [0.25, 0.3) is 5.56 Å². The van der Waals surface area contributed by atoms with Gasteiger partial charge in [-0.25, -0.2) is 14.6 Å². The van der Waals surface area contributed by atoms with E-state index in [9.17, 15) is 14.4 Å². The van der Waals surface area contributed by atoms with Crippen LogP contribution in [-0.2, 0) is 14.3 Å². The van der Waals surface area contributed by atoms with Crippen LogP contribution in [-0.4, -0.2) is 37.3 Å².